The lowest BCUT2D eigenvalue weighted by Gasteiger charge is -2.59. The molecule has 4 rings (SSSR count). The fraction of sp³-hybridized carbons (Fsp3) is 0.500. The van der Waals surface area contributed by atoms with E-state index in [1.165, 1.54) is 37.7 Å². The Kier molecular flexibility index (Phi) is 3.84. The molecule has 0 bridgehead atoms. The van der Waals surface area contributed by atoms with Gasteiger partial charge >= 0.3 is 0 Å². The van der Waals surface area contributed by atoms with E-state index in [0.717, 1.165) is 6.54 Å². The molecule has 1 spiro atoms. The molecule has 6 nitrogen and oxygen atoms in total. The van der Waals surface area contributed by atoms with E-state index in [2.05, 4.69) is 50.2 Å². The number of likely N-dealkylation sites (tertiary alicyclic amines) is 1. The number of nitrogen functional groups attached to an aromatic ring is 2. The Labute approximate surface area is 142 Å². The van der Waals surface area contributed by atoms with Crippen LogP contribution in [0.25, 0.3) is 0 Å². The van der Waals surface area contributed by atoms with Crippen LogP contribution in [0.15, 0.2) is 30.3 Å². The summed E-state index contributed by atoms with van der Waals surface area (Å²) in [6, 6.07) is 11.2. The smallest absolute Gasteiger partial charge is 0.225 e. The number of hydrogen-bond donors (Lipinski definition) is 2. The SMILES string of the molecule is Nc1nc(N)nc(CN2CC3(CCCCC3)[C@H]2c2ccccc2)n1. The van der Waals surface area contributed by atoms with Gasteiger partial charge in [-0.1, -0.05) is 49.6 Å². The van der Waals surface area contributed by atoms with E-state index < -0.39 is 0 Å². The zero-order valence-electron chi connectivity index (χ0n) is 13.9. The molecule has 0 amide bonds. The van der Waals surface area contributed by atoms with Crippen molar-refractivity contribution in [1.29, 1.82) is 0 Å². The largest absolute Gasteiger partial charge is 0.368 e. The van der Waals surface area contributed by atoms with Crippen LogP contribution in [0.1, 0.15) is 49.5 Å². The lowest BCUT2D eigenvalue weighted by molar-refractivity contribution is -0.107. The third kappa shape index (κ3) is 2.71. The van der Waals surface area contributed by atoms with Crippen LogP contribution in [0.4, 0.5) is 11.9 Å². The van der Waals surface area contributed by atoms with Gasteiger partial charge in [0, 0.05) is 18.0 Å². The normalized spacial score (nSPS) is 23.1. The van der Waals surface area contributed by atoms with Gasteiger partial charge in [-0.3, -0.25) is 4.90 Å². The van der Waals surface area contributed by atoms with Crippen molar-refractivity contribution >= 4 is 11.9 Å². The Bertz CT molecular complexity index is 690. The first-order chi connectivity index (χ1) is 11.7. The molecule has 1 atom stereocenters. The van der Waals surface area contributed by atoms with E-state index in [-0.39, 0.29) is 11.9 Å². The van der Waals surface area contributed by atoms with Gasteiger partial charge in [0.2, 0.25) is 11.9 Å². The van der Waals surface area contributed by atoms with Crippen molar-refractivity contribution < 1.29 is 0 Å². The molecule has 1 aliphatic carbocycles. The second-order valence-corrected chi connectivity index (χ2v) is 7.11. The summed E-state index contributed by atoms with van der Waals surface area (Å²) >= 11 is 0. The number of benzene rings is 1. The molecule has 1 aromatic heterocycles. The van der Waals surface area contributed by atoms with E-state index in [4.69, 9.17) is 11.5 Å². The zero-order chi connectivity index (χ0) is 16.6. The Balaban J connectivity index is 1.61. The molecule has 2 aliphatic rings. The van der Waals surface area contributed by atoms with Crippen molar-refractivity contribution in [2.75, 3.05) is 18.0 Å². The average Bonchev–Trinajstić information content (AvgIpc) is 2.55. The van der Waals surface area contributed by atoms with Crippen molar-refractivity contribution in [3.8, 4) is 0 Å². The van der Waals surface area contributed by atoms with Crippen LogP contribution in [-0.4, -0.2) is 26.4 Å². The van der Waals surface area contributed by atoms with Crippen molar-refractivity contribution in [3.63, 3.8) is 0 Å². The van der Waals surface area contributed by atoms with E-state index in [9.17, 15) is 0 Å². The highest BCUT2D eigenvalue weighted by molar-refractivity contribution is 5.28. The summed E-state index contributed by atoms with van der Waals surface area (Å²) in [5, 5.41) is 0. The lowest BCUT2D eigenvalue weighted by Crippen LogP contribution is -2.58. The summed E-state index contributed by atoms with van der Waals surface area (Å²) in [5.74, 6) is 1.05. The van der Waals surface area contributed by atoms with Gasteiger partial charge in [-0.2, -0.15) is 15.0 Å². The number of rotatable bonds is 3. The fourth-order valence-corrected chi connectivity index (χ4v) is 4.60. The summed E-state index contributed by atoms with van der Waals surface area (Å²) < 4.78 is 0. The number of nitrogens with two attached hydrogens (primary N) is 2. The summed E-state index contributed by atoms with van der Waals surface area (Å²) in [5.41, 5.74) is 13.2. The number of aromatic nitrogens is 3. The molecule has 126 valence electrons. The van der Waals surface area contributed by atoms with Crippen LogP contribution in [0, 0.1) is 5.41 Å². The maximum Gasteiger partial charge on any atom is 0.225 e. The molecular weight excluding hydrogens is 300 g/mol. The molecule has 1 saturated heterocycles. The highest BCUT2D eigenvalue weighted by Crippen LogP contribution is 2.57. The second kappa shape index (κ2) is 6.02. The van der Waals surface area contributed by atoms with Gasteiger partial charge in [-0.05, 0) is 18.4 Å². The first-order valence-corrected chi connectivity index (χ1v) is 8.71. The molecule has 4 N–H and O–H groups in total. The van der Waals surface area contributed by atoms with Crippen LogP contribution < -0.4 is 11.5 Å². The van der Waals surface area contributed by atoms with Gasteiger partial charge in [-0.15, -0.1) is 0 Å². The van der Waals surface area contributed by atoms with Crippen LogP contribution in [0.5, 0.6) is 0 Å². The Hall–Kier alpha value is -2.21. The Morgan fingerprint density at radius 2 is 1.62 bits per heavy atom. The monoisotopic (exact) mass is 324 g/mol. The first kappa shape index (κ1) is 15.3. The van der Waals surface area contributed by atoms with Gasteiger partial charge in [0.25, 0.3) is 0 Å². The van der Waals surface area contributed by atoms with Gasteiger partial charge < -0.3 is 11.5 Å². The van der Waals surface area contributed by atoms with E-state index >= 15 is 0 Å². The summed E-state index contributed by atoms with van der Waals surface area (Å²) in [7, 11) is 0. The molecule has 1 aromatic carbocycles. The third-order valence-electron chi connectivity index (χ3n) is 5.49. The Morgan fingerprint density at radius 3 is 2.29 bits per heavy atom. The number of nitrogens with zero attached hydrogens (tertiary/aromatic N) is 4. The molecule has 6 heteroatoms. The van der Waals surface area contributed by atoms with Crippen LogP contribution in [-0.2, 0) is 6.54 Å². The van der Waals surface area contributed by atoms with Gasteiger partial charge in [0.15, 0.2) is 0 Å². The fourth-order valence-electron chi connectivity index (χ4n) is 4.60. The predicted octanol–water partition coefficient (Wildman–Crippen LogP) is 2.54. The zero-order valence-corrected chi connectivity index (χ0v) is 13.9. The molecule has 1 aliphatic heterocycles. The van der Waals surface area contributed by atoms with Gasteiger partial charge in [0.1, 0.15) is 5.82 Å². The standard InChI is InChI=1S/C18H24N6/c19-16-21-14(22-17(20)23-16)11-24-12-18(9-5-2-6-10-18)15(24)13-7-3-1-4-8-13/h1,3-4,7-8,15H,2,5-6,9-12H2,(H4,19,20,21,22,23)/t15-/m1/s1. The molecule has 0 unspecified atom stereocenters. The topological polar surface area (TPSA) is 93.9 Å². The minimum absolute atomic E-state index is 0.196. The van der Waals surface area contributed by atoms with Crippen molar-refractivity contribution in [2.45, 2.75) is 44.7 Å². The van der Waals surface area contributed by atoms with E-state index in [1.54, 1.807) is 0 Å². The Morgan fingerprint density at radius 1 is 0.958 bits per heavy atom. The minimum Gasteiger partial charge on any atom is -0.368 e. The van der Waals surface area contributed by atoms with E-state index in [1.807, 2.05) is 0 Å². The van der Waals surface area contributed by atoms with Crippen LogP contribution in [0.3, 0.4) is 0 Å². The van der Waals surface area contributed by atoms with Gasteiger partial charge in [-0.25, -0.2) is 0 Å². The first-order valence-electron chi connectivity index (χ1n) is 8.71. The van der Waals surface area contributed by atoms with Crippen molar-refractivity contribution in [3.05, 3.63) is 41.7 Å². The molecule has 2 heterocycles. The third-order valence-corrected chi connectivity index (χ3v) is 5.49. The van der Waals surface area contributed by atoms with Crippen LogP contribution in [0.2, 0.25) is 0 Å². The summed E-state index contributed by atoms with van der Waals surface area (Å²) in [4.78, 5) is 14.8. The van der Waals surface area contributed by atoms with Crippen molar-refractivity contribution in [2.24, 2.45) is 5.41 Å². The predicted molar refractivity (Wildman–Crippen MR) is 93.8 cm³/mol. The van der Waals surface area contributed by atoms with Crippen molar-refractivity contribution in [1.82, 2.24) is 19.9 Å². The number of hydrogen-bond acceptors (Lipinski definition) is 6. The number of anilines is 2. The molecule has 2 aromatic rings. The molecule has 2 fully saturated rings. The minimum atomic E-state index is 0.196. The van der Waals surface area contributed by atoms with Gasteiger partial charge in [0.05, 0.1) is 6.54 Å². The van der Waals surface area contributed by atoms with E-state index in [0.29, 0.717) is 23.8 Å². The highest BCUT2D eigenvalue weighted by Gasteiger charge is 2.52. The maximum absolute atomic E-state index is 5.72. The van der Waals surface area contributed by atoms with Crippen LogP contribution >= 0.6 is 0 Å². The molecule has 24 heavy (non-hydrogen) atoms. The average molecular weight is 324 g/mol. The molecular formula is C18H24N6. The summed E-state index contributed by atoms with van der Waals surface area (Å²) in [6.45, 7) is 1.76. The lowest BCUT2D eigenvalue weighted by atomic mass is 9.61. The highest BCUT2D eigenvalue weighted by atomic mass is 15.3. The maximum atomic E-state index is 5.72. The summed E-state index contributed by atoms with van der Waals surface area (Å²) in [6.07, 6.45) is 6.66. The molecule has 1 saturated carbocycles. The second-order valence-electron chi connectivity index (χ2n) is 7.11. The molecule has 0 radical (unpaired) electrons. The quantitative estimate of drug-likeness (QED) is 0.901.